The number of aryl methyl sites for hydroxylation is 1. The minimum Gasteiger partial charge on any atom is -0.287 e. The normalized spacial score (nSPS) is 20.5. The summed E-state index contributed by atoms with van der Waals surface area (Å²) >= 11 is 5.08. The number of nitrogens with zero attached hydrogens (tertiary/aromatic N) is 2. The van der Waals surface area contributed by atoms with Crippen LogP contribution in [0.1, 0.15) is 12.0 Å². The summed E-state index contributed by atoms with van der Waals surface area (Å²) < 4.78 is 1.14. The van der Waals surface area contributed by atoms with E-state index < -0.39 is 0 Å². The van der Waals surface area contributed by atoms with Crippen LogP contribution >= 0.6 is 27.3 Å². The van der Waals surface area contributed by atoms with Gasteiger partial charge in [0.2, 0.25) is 5.91 Å². The summed E-state index contributed by atoms with van der Waals surface area (Å²) in [7, 11) is 0. The molecule has 0 radical (unpaired) electrons. The van der Waals surface area contributed by atoms with E-state index in [-0.39, 0.29) is 10.7 Å². The summed E-state index contributed by atoms with van der Waals surface area (Å²) in [5, 5.41) is 0.821. The second kappa shape index (κ2) is 4.07. The fourth-order valence-electron chi connectivity index (χ4n) is 2.04. The van der Waals surface area contributed by atoms with Gasteiger partial charge in [-0.25, -0.2) is 4.98 Å². The van der Waals surface area contributed by atoms with Gasteiger partial charge in [-0.15, -0.1) is 0 Å². The number of carbonyl (C=O) groups excluding carboxylic acids is 1. The largest absolute Gasteiger partial charge is 0.287 e. The number of rotatable bonds is 1. The molecule has 2 aromatic rings. The zero-order valence-electron chi connectivity index (χ0n) is 9.31. The van der Waals surface area contributed by atoms with Gasteiger partial charge in [-0.05, 0) is 18.6 Å². The molecule has 3 rings (SSSR count). The van der Waals surface area contributed by atoms with E-state index in [0.29, 0.717) is 6.42 Å². The number of anilines is 1. The molecule has 3 nitrogen and oxygen atoms in total. The lowest BCUT2D eigenvalue weighted by Gasteiger charge is -2.10. The molecule has 1 aliphatic heterocycles. The number of amides is 1. The van der Waals surface area contributed by atoms with Crippen molar-refractivity contribution < 1.29 is 4.79 Å². The van der Waals surface area contributed by atoms with Gasteiger partial charge in [-0.3, -0.25) is 9.69 Å². The highest BCUT2D eigenvalue weighted by Crippen LogP contribution is 2.33. The lowest BCUT2D eigenvalue weighted by molar-refractivity contribution is -0.117. The molecule has 2 heterocycles. The maximum atomic E-state index is 11.8. The van der Waals surface area contributed by atoms with E-state index in [1.807, 2.05) is 19.1 Å². The van der Waals surface area contributed by atoms with Crippen molar-refractivity contribution >= 4 is 48.5 Å². The highest BCUT2D eigenvalue weighted by Gasteiger charge is 2.30. The highest BCUT2D eigenvalue weighted by molar-refractivity contribution is 9.09. The number of hydrogen-bond acceptors (Lipinski definition) is 3. The van der Waals surface area contributed by atoms with Crippen molar-refractivity contribution in [2.24, 2.45) is 0 Å². The first kappa shape index (κ1) is 11.2. The summed E-state index contributed by atoms with van der Waals surface area (Å²) in [6, 6.07) is 6.12. The molecule has 1 saturated heterocycles. The molecular weight excluding hydrogens is 300 g/mol. The zero-order valence-corrected chi connectivity index (χ0v) is 11.7. The number of benzene rings is 1. The Balaban J connectivity index is 2.07. The first-order chi connectivity index (χ1) is 8.15. The quantitative estimate of drug-likeness (QED) is 0.758. The standard InChI is InChI=1S/C12H11BrN2OS/c1-7-3-2-4-9-11(7)14-12(17-9)15-6-8(13)5-10(15)16/h2-4,8H,5-6H2,1H3. The van der Waals surface area contributed by atoms with Crippen LogP contribution in [0.3, 0.4) is 0 Å². The number of fused-ring (bicyclic) bond motifs is 1. The molecule has 17 heavy (non-hydrogen) atoms. The van der Waals surface area contributed by atoms with E-state index in [1.54, 1.807) is 16.2 Å². The van der Waals surface area contributed by atoms with Gasteiger partial charge in [0.25, 0.3) is 0 Å². The fourth-order valence-corrected chi connectivity index (χ4v) is 3.68. The predicted octanol–water partition coefficient (Wildman–Crippen LogP) is 3.10. The number of halogens is 1. The average molecular weight is 311 g/mol. The molecular formula is C12H11BrN2OS. The molecule has 1 aromatic heterocycles. The monoisotopic (exact) mass is 310 g/mol. The van der Waals surface area contributed by atoms with Gasteiger partial charge in [-0.2, -0.15) is 0 Å². The lowest BCUT2D eigenvalue weighted by Crippen LogP contribution is -2.24. The van der Waals surface area contributed by atoms with Gasteiger partial charge in [0.15, 0.2) is 5.13 Å². The van der Waals surface area contributed by atoms with Gasteiger partial charge >= 0.3 is 0 Å². The Bertz CT molecular complexity index is 595. The Labute approximate surface area is 112 Å². The van der Waals surface area contributed by atoms with Crippen molar-refractivity contribution in [3.63, 3.8) is 0 Å². The van der Waals surface area contributed by atoms with E-state index in [2.05, 4.69) is 27.0 Å². The van der Waals surface area contributed by atoms with Crippen LogP contribution in [0, 0.1) is 6.92 Å². The fraction of sp³-hybridized carbons (Fsp3) is 0.333. The summed E-state index contributed by atoms with van der Waals surface area (Å²) in [5.41, 5.74) is 2.17. The first-order valence-corrected chi connectivity index (χ1v) is 7.19. The van der Waals surface area contributed by atoms with Crippen LogP contribution in [0.2, 0.25) is 0 Å². The summed E-state index contributed by atoms with van der Waals surface area (Å²) in [4.78, 5) is 18.4. The number of para-hydroxylation sites is 1. The van der Waals surface area contributed by atoms with Crippen LogP contribution in [-0.2, 0) is 4.79 Å². The van der Waals surface area contributed by atoms with Crippen LogP contribution in [0.25, 0.3) is 10.2 Å². The molecule has 5 heteroatoms. The molecule has 1 unspecified atom stereocenters. The van der Waals surface area contributed by atoms with E-state index in [4.69, 9.17) is 0 Å². The molecule has 1 amide bonds. The summed E-state index contributed by atoms with van der Waals surface area (Å²) in [5.74, 6) is 0.156. The highest BCUT2D eigenvalue weighted by atomic mass is 79.9. The number of alkyl halides is 1. The number of carbonyl (C=O) groups is 1. The van der Waals surface area contributed by atoms with Crippen LogP contribution in [0.15, 0.2) is 18.2 Å². The van der Waals surface area contributed by atoms with Crippen molar-refractivity contribution in [1.29, 1.82) is 0 Å². The van der Waals surface area contributed by atoms with Crippen molar-refractivity contribution in [1.82, 2.24) is 4.98 Å². The Hall–Kier alpha value is -0.940. The topological polar surface area (TPSA) is 33.2 Å². The van der Waals surface area contributed by atoms with Crippen molar-refractivity contribution in [3.05, 3.63) is 23.8 Å². The van der Waals surface area contributed by atoms with Gasteiger partial charge in [0, 0.05) is 17.8 Å². The second-order valence-electron chi connectivity index (χ2n) is 4.22. The van der Waals surface area contributed by atoms with E-state index >= 15 is 0 Å². The van der Waals surface area contributed by atoms with Gasteiger partial charge in [0.1, 0.15) is 0 Å². The van der Waals surface area contributed by atoms with Gasteiger partial charge < -0.3 is 0 Å². The van der Waals surface area contributed by atoms with Gasteiger partial charge in [0.05, 0.1) is 10.2 Å². The average Bonchev–Trinajstić information content (AvgIpc) is 2.82. The van der Waals surface area contributed by atoms with E-state index in [0.717, 1.165) is 27.5 Å². The predicted molar refractivity (Wildman–Crippen MR) is 74.0 cm³/mol. The van der Waals surface area contributed by atoms with Crippen molar-refractivity contribution in [2.75, 3.05) is 11.4 Å². The molecule has 1 fully saturated rings. The Morgan fingerprint density at radius 3 is 3.00 bits per heavy atom. The van der Waals surface area contributed by atoms with Crippen molar-refractivity contribution in [2.45, 2.75) is 18.2 Å². The van der Waals surface area contributed by atoms with Crippen molar-refractivity contribution in [3.8, 4) is 0 Å². The lowest BCUT2D eigenvalue weighted by atomic mass is 10.2. The Morgan fingerprint density at radius 1 is 1.53 bits per heavy atom. The maximum Gasteiger partial charge on any atom is 0.230 e. The Morgan fingerprint density at radius 2 is 2.35 bits per heavy atom. The molecule has 1 aliphatic rings. The minimum atomic E-state index is 0.156. The third kappa shape index (κ3) is 1.87. The second-order valence-corrected chi connectivity index (χ2v) is 6.53. The van der Waals surface area contributed by atoms with E-state index in [9.17, 15) is 4.79 Å². The molecule has 0 saturated carbocycles. The minimum absolute atomic E-state index is 0.156. The molecule has 0 N–H and O–H groups in total. The maximum absolute atomic E-state index is 11.8. The number of thiazole rings is 1. The van der Waals surface area contributed by atoms with Crippen LogP contribution in [-0.4, -0.2) is 22.3 Å². The zero-order chi connectivity index (χ0) is 12.0. The van der Waals surface area contributed by atoms with Crippen LogP contribution < -0.4 is 4.90 Å². The molecule has 1 aromatic carbocycles. The van der Waals surface area contributed by atoms with Crippen LogP contribution in [0.5, 0.6) is 0 Å². The summed E-state index contributed by atoms with van der Waals surface area (Å²) in [6.07, 6.45) is 0.564. The van der Waals surface area contributed by atoms with E-state index in [1.165, 1.54) is 0 Å². The SMILES string of the molecule is Cc1cccc2sc(N3CC(Br)CC3=O)nc12. The first-order valence-electron chi connectivity index (χ1n) is 5.46. The third-order valence-electron chi connectivity index (χ3n) is 2.92. The molecule has 0 spiro atoms. The number of hydrogen-bond donors (Lipinski definition) is 0. The van der Waals surface area contributed by atoms with Gasteiger partial charge in [-0.1, -0.05) is 39.4 Å². The van der Waals surface area contributed by atoms with Crippen LogP contribution in [0.4, 0.5) is 5.13 Å². The molecule has 1 atom stereocenters. The number of aromatic nitrogens is 1. The third-order valence-corrected chi connectivity index (χ3v) is 4.58. The smallest absolute Gasteiger partial charge is 0.230 e. The summed E-state index contributed by atoms with van der Waals surface area (Å²) in [6.45, 7) is 2.77. The Kier molecular flexibility index (Phi) is 2.67. The molecule has 0 aliphatic carbocycles. The molecule has 0 bridgehead atoms. The molecule has 88 valence electrons.